The largest absolute Gasteiger partial charge is 0.388 e. The van der Waals surface area contributed by atoms with Gasteiger partial charge in [0.15, 0.2) is 0 Å². The lowest BCUT2D eigenvalue weighted by atomic mass is 10.0. The molecule has 4 heteroatoms. The van der Waals surface area contributed by atoms with Crippen LogP contribution in [0.3, 0.4) is 0 Å². The number of halogens is 3. The average molecular weight is 393 g/mol. The van der Waals surface area contributed by atoms with Crippen molar-refractivity contribution in [3.8, 4) is 0 Å². The molecule has 18 heavy (non-hydrogen) atoms. The van der Waals surface area contributed by atoms with Gasteiger partial charge in [0.1, 0.15) is 0 Å². The van der Waals surface area contributed by atoms with Crippen molar-refractivity contribution in [2.45, 2.75) is 12.5 Å². The Hall–Kier alpha value is -0.290. The van der Waals surface area contributed by atoms with Crippen LogP contribution in [0, 0.1) is 3.57 Å². The third-order valence-corrected chi connectivity index (χ3v) is 3.92. The molecule has 0 bridgehead atoms. The zero-order chi connectivity index (χ0) is 13.1. The predicted molar refractivity (Wildman–Crippen MR) is 84.3 cm³/mol. The minimum atomic E-state index is -0.557. The summed E-state index contributed by atoms with van der Waals surface area (Å²) in [5.74, 6) is 0. The first-order valence-electron chi connectivity index (χ1n) is 5.44. The molecule has 2 aromatic carbocycles. The zero-order valence-electron chi connectivity index (χ0n) is 9.41. The fourth-order valence-electron chi connectivity index (χ4n) is 1.73. The molecule has 0 amide bonds. The third kappa shape index (κ3) is 3.60. The fraction of sp³-hybridized carbons (Fsp3) is 0.143. The van der Waals surface area contributed by atoms with Crippen LogP contribution in [0.2, 0.25) is 10.0 Å². The van der Waals surface area contributed by atoms with E-state index in [1.807, 2.05) is 30.3 Å². The van der Waals surface area contributed by atoms with Crippen molar-refractivity contribution in [3.63, 3.8) is 0 Å². The van der Waals surface area contributed by atoms with Crippen molar-refractivity contribution in [2.75, 3.05) is 0 Å². The van der Waals surface area contributed by atoms with E-state index in [2.05, 4.69) is 22.6 Å². The highest BCUT2D eigenvalue weighted by atomic mass is 127. The summed E-state index contributed by atoms with van der Waals surface area (Å²) in [4.78, 5) is 0. The lowest BCUT2D eigenvalue weighted by Crippen LogP contribution is -2.02. The number of hydrogen-bond donors (Lipinski definition) is 1. The molecule has 0 aliphatic rings. The Balaban J connectivity index is 2.18. The van der Waals surface area contributed by atoms with Crippen LogP contribution in [0.25, 0.3) is 0 Å². The van der Waals surface area contributed by atoms with Gasteiger partial charge in [0.25, 0.3) is 0 Å². The molecule has 0 saturated carbocycles. The van der Waals surface area contributed by atoms with Gasteiger partial charge in [-0.1, -0.05) is 41.4 Å². The maximum absolute atomic E-state index is 10.2. The molecule has 1 unspecified atom stereocenters. The van der Waals surface area contributed by atoms with Crippen LogP contribution in [0.1, 0.15) is 17.2 Å². The van der Waals surface area contributed by atoms with Crippen molar-refractivity contribution in [1.82, 2.24) is 0 Å². The van der Waals surface area contributed by atoms with E-state index < -0.39 is 6.10 Å². The summed E-state index contributed by atoms with van der Waals surface area (Å²) in [5, 5.41) is 11.4. The molecule has 0 aromatic heterocycles. The monoisotopic (exact) mass is 392 g/mol. The number of aliphatic hydroxyl groups is 1. The van der Waals surface area contributed by atoms with E-state index in [1.54, 1.807) is 12.1 Å². The molecule has 0 fully saturated rings. The highest BCUT2D eigenvalue weighted by Crippen LogP contribution is 2.26. The van der Waals surface area contributed by atoms with E-state index in [4.69, 9.17) is 23.2 Å². The summed E-state index contributed by atoms with van der Waals surface area (Å²) in [6.45, 7) is 0. The van der Waals surface area contributed by atoms with Gasteiger partial charge in [0, 0.05) is 20.0 Å². The Bertz CT molecular complexity index is 557. The molecule has 1 nitrogen and oxygen atoms in total. The van der Waals surface area contributed by atoms with Gasteiger partial charge in [-0.3, -0.25) is 0 Å². The number of hydrogen-bond acceptors (Lipinski definition) is 1. The Morgan fingerprint density at radius 2 is 1.89 bits per heavy atom. The molecule has 0 radical (unpaired) electrons. The predicted octanol–water partition coefficient (Wildman–Crippen LogP) is 4.87. The lowest BCUT2D eigenvalue weighted by molar-refractivity contribution is 0.178. The molecular formula is C14H11Cl2IO. The van der Waals surface area contributed by atoms with Gasteiger partial charge >= 0.3 is 0 Å². The smallest absolute Gasteiger partial charge is 0.0831 e. The van der Waals surface area contributed by atoms with Crippen LogP contribution in [0.15, 0.2) is 42.5 Å². The number of aliphatic hydroxyl groups excluding tert-OH is 1. The summed E-state index contributed by atoms with van der Waals surface area (Å²) < 4.78 is 1.10. The highest BCUT2D eigenvalue weighted by molar-refractivity contribution is 14.1. The molecule has 2 aromatic rings. The van der Waals surface area contributed by atoms with Crippen LogP contribution < -0.4 is 0 Å². The number of benzene rings is 2. The van der Waals surface area contributed by atoms with Gasteiger partial charge in [-0.2, -0.15) is 0 Å². The molecule has 94 valence electrons. The molecule has 0 aliphatic carbocycles. The summed E-state index contributed by atoms with van der Waals surface area (Å²) in [6, 6.07) is 13.1. The quantitative estimate of drug-likeness (QED) is 0.738. The Morgan fingerprint density at radius 1 is 1.11 bits per heavy atom. The molecule has 1 atom stereocenters. The summed E-state index contributed by atoms with van der Waals surface area (Å²) in [6.07, 6.45) is -0.0748. The second-order valence-corrected chi connectivity index (χ2v) is 6.10. The zero-order valence-corrected chi connectivity index (χ0v) is 13.1. The molecule has 1 N–H and O–H groups in total. The van der Waals surface area contributed by atoms with E-state index in [1.165, 1.54) is 0 Å². The van der Waals surface area contributed by atoms with Crippen LogP contribution in [0.4, 0.5) is 0 Å². The van der Waals surface area contributed by atoms with Gasteiger partial charge < -0.3 is 5.11 Å². The van der Waals surface area contributed by atoms with Gasteiger partial charge in [-0.05, 0) is 58.0 Å². The first-order chi connectivity index (χ1) is 8.56. The topological polar surface area (TPSA) is 20.2 Å². The van der Waals surface area contributed by atoms with Crippen LogP contribution >= 0.6 is 45.8 Å². The van der Waals surface area contributed by atoms with E-state index in [0.717, 1.165) is 14.7 Å². The van der Waals surface area contributed by atoms with Crippen LogP contribution in [-0.2, 0) is 6.42 Å². The van der Waals surface area contributed by atoms with E-state index >= 15 is 0 Å². The molecule has 2 rings (SSSR count). The first-order valence-corrected chi connectivity index (χ1v) is 7.27. The Labute approximate surface area is 130 Å². The van der Waals surface area contributed by atoms with Crippen LogP contribution in [-0.4, -0.2) is 5.11 Å². The maximum atomic E-state index is 10.2. The molecule has 0 spiro atoms. The van der Waals surface area contributed by atoms with Crippen molar-refractivity contribution < 1.29 is 5.11 Å². The minimum Gasteiger partial charge on any atom is -0.388 e. The summed E-state index contributed by atoms with van der Waals surface area (Å²) in [5.41, 5.74) is 1.79. The number of rotatable bonds is 3. The summed E-state index contributed by atoms with van der Waals surface area (Å²) >= 11 is 14.2. The van der Waals surface area contributed by atoms with Crippen molar-refractivity contribution >= 4 is 45.8 Å². The molecule has 0 aliphatic heterocycles. The molecular weight excluding hydrogens is 382 g/mol. The van der Waals surface area contributed by atoms with Crippen LogP contribution in [0.5, 0.6) is 0 Å². The lowest BCUT2D eigenvalue weighted by Gasteiger charge is -2.12. The van der Waals surface area contributed by atoms with E-state index in [-0.39, 0.29) is 0 Å². The average Bonchev–Trinajstić information content (AvgIpc) is 2.32. The Morgan fingerprint density at radius 3 is 2.56 bits per heavy atom. The van der Waals surface area contributed by atoms with E-state index in [0.29, 0.717) is 16.5 Å². The standard InChI is InChI=1S/C14H11Cl2IO/c15-11-5-4-9(13(16)8-11)7-14(18)10-2-1-3-12(17)6-10/h1-6,8,14,18H,7H2. The minimum absolute atomic E-state index is 0.482. The van der Waals surface area contributed by atoms with E-state index in [9.17, 15) is 5.11 Å². The summed E-state index contributed by atoms with van der Waals surface area (Å²) in [7, 11) is 0. The van der Waals surface area contributed by atoms with Gasteiger partial charge in [0.2, 0.25) is 0 Å². The SMILES string of the molecule is OC(Cc1ccc(Cl)cc1Cl)c1cccc(I)c1. The van der Waals surface area contributed by atoms with Gasteiger partial charge in [-0.15, -0.1) is 0 Å². The highest BCUT2D eigenvalue weighted by Gasteiger charge is 2.11. The molecule has 0 heterocycles. The second-order valence-electron chi connectivity index (χ2n) is 4.01. The fourth-order valence-corrected chi connectivity index (χ4v) is 2.78. The van der Waals surface area contributed by atoms with Crippen molar-refractivity contribution in [1.29, 1.82) is 0 Å². The Kier molecular flexibility index (Phi) is 4.90. The van der Waals surface area contributed by atoms with Crippen molar-refractivity contribution in [3.05, 3.63) is 67.2 Å². The molecule has 0 saturated heterocycles. The maximum Gasteiger partial charge on any atom is 0.0831 e. The van der Waals surface area contributed by atoms with Crippen molar-refractivity contribution in [2.24, 2.45) is 0 Å². The third-order valence-electron chi connectivity index (χ3n) is 2.66. The second kappa shape index (κ2) is 6.24. The normalized spacial score (nSPS) is 12.4. The van der Waals surface area contributed by atoms with Gasteiger partial charge in [-0.25, -0.2) is 0 Å². The van der Waals surface area contributed by atoms with Gasteiger partial charge in [0.05, 0.1) is 6.10 Å². The first kappa shape index (κ1) is 14.1.